The Labute approximate surface area is 81.0 Å². The topological polar surface area (TPSA) is 43.1 Å². The third kappa shape index (κ3) is 3.80. The lowest BCUT2D eigenvalue weighted by Gasteiger charge is -1.92. The van der Waals surface area contributed by atoms with E-state index in [1.54, 1.807) is 24.3 Å². The van der Waals surface area contributed by atoms with Crippen molar-refractivity contribution in [3.63, 3.8) is 0 Å². The maximum atomic E-state index is 12.5. The highest BCUT2D eigenvalue weighted by molar-refractivity contribution is 5.48. The fraction of sp³-hybridized carbons (Fsp3) is 0.200. The van der Waals surface area contributed by atoms with E-state index in [0.717, 1.165) is 5.56 Å². The number of rotatable bonds is 4. The standard InChI is InChI=1S/C10H10FNO2/c11-10-6-4-9(5-7-10)3-1-2-8-12(13)14/h1,3-7H,2,8H2/b3-1+. The van der Waals surface area contributed by atoms with E-state index in [1.807, 2.05) is 0 Å². The number of nitro groups is 1. The molecule has 0 aromatic heterocycles. The molecule has 1 rings (SSSR count). The van der Waals surface area contributed by atoms with Crippen LogP contribution in [-0.4, -0.2) is 11.5 Å². The Morgan fingerprint density at radius 2 is 2.00 bits per heavy atom. The Morgan fingerprint density at radius 3 is 2.57 bits per heavy atom. The van der Waals surface area contributed by atoms with Gasteiger partial charge < -0.3 is 0 Å². The van der Waals surface area contributed by atoms with Crippen molar-refractivity contribution in [2.24, 2.45) is 0 Å². The van der Waals surface area contributed by atoms with E-state index in [4.69, 9.17) is 0 Å². The predicted molar refractivity (Wildman–Crippen MR) is 51.9 cm³/mol. The van der Waals surface area contributed by atoms with Crippen LogP contribution >= 0.6 is 0 Å². The van der Waals surface area contributed by atoms with Crippen LogP contribution in [0.3, 0.4) is 0 Å². The summed E-state index contributed by atoms with van der Waals surface area (Å²) in [7, 11) is 0. The molecule has 0 saturated heterocycles. The van der Waals surface area contributed by atoms with Gasteiger partial charge in [0.15, 0.2) is 0 Å². The van der Waals surface area contributed by atoms with Gasteiger partial charge in [0.25, 0.3) is 0 Å². The average Bonchev–Trinajstić information content (AvgIpc) is 2.15. The van der Waals surface area contributed by atoms with Crippen molar-refractivity contribution in [2.45, 2.75) is 6.42 Å². The molecule has 0 aliphatic heterocycles. The van der Waals surface area contributed by atoms with Crippen LogP contribution in [0.1, 0.15) is 12.0 Å². The molecule has 0 unspecified atom stereocenters. The molecular formula is C10H10FNO2. The maximum absolute atomic E-state index is 12.5. The van der Waals surface area contributed by atoms with E-state index in [1.165, 1.54) is 12.1 Å². The fourth-order valence-electron chi connectivity index (χ4n) is 0.973. The maximum Gasteiger partial charge on any atom is 0.207 e. The zero-order chi connectivity index (χ0) is 10.4. The zero-order valence-corrected chi connectivity index (χ0v) is 7.52. The molecule has 74 valence electrons. The molecule has 14 heavy (non-hydrogen) atoms. The van der Waals surface area contributed by atoms with Crippen molar-refractivity contribution >= 4 is 6.08 Å². The van der Waals surface area contributed by atoms with Crippen LogP contribution in [0.25, 0.3) is 6.08 Å². The molecule has 0 atom stereocenters. The molecule has 0 N–H and O–H groups in total. The second kappa shape index (κ2) is 5.11. The summed E-state index contributed by atoms with van der Waals surface area (Å²) in [6, 6.07) is 5.95. The number of nitrogens with zero attached hydrogens (tertiary/aromatic N) is 1. The van der Waals surface area contributed by atoms with Gasteiger partial charge >= 0.3 is 0 Å². The smallest absolute Gasteiger partial charge is 0.207 e. The van der Waals surface area contributed by atoms with Gasteiger partial charge in [0.05, 0.1) is 0 Å². The monoisotopic (exact) mass is 195 g/mol. The van der Waals surface area contributed by atoms with Gasteiger partial charge in [-0.05, 0) is 17.7 Å². The van der Waals surface area contributed by atoms with Gasteiger partial charge in [0, 0.05) is 11.3 Å². The first-order chi connectivity index (χ1) is 6.68. The zero-order valence-electron chi connectivity index (χ0n) is 7.52. The Morgan fingerprint density at radius 1 is 1.36 bits per heavy atom. The summed E-state index contributed by atoms with van der Waals surface area (Å²) in [5.41, 5.74) is 0.842. The van der Waals surface area contributed by atoms with Crippen molar-refractivity contribution < 1.29 is 9.31 Å². The van der Waals surface area contributed by atoms with Crippen LogP contribution in [-0.2, 0) is 0 Å². The number of hydrogen-bond acceptors (Lipinski definition) is 2. The highest BCUT2D eigenvalue weighted by Gasteiger charge is 1.92. The van der Waals surface area contributed by atoms with Crippen LogP contribution in [0, 0.1) is 15.9 Å². The summed E-state index contributed by atoms with van der Waals surface area (Å²) in [6.07, 6.45) is 3.84. The quantitative estimate of drug-likeness (QED) is 0.547. The highest BCUT2D eigenvalue weighted by atomic mass is 19.1. The molecule has 3 nitrogen and oxygen atoms in total. The van der Waals surface area contributed by atoms with E-state index >= 15 is 0 Å². The van der Waals surface area contributed by atoms with Crippen LogP contribution in [0.5, 0.6) is 0 Å². The normalized spacial score (nSPS) is 10.6. The van der Waals surface area contributed by atoms with Crippen LogP contribution in [0.15, 0.2) is 30.3 Å². The van der Waals surface area contributed by atoms with E-state index in [2.05, 4.69) is 0 Å². The summed E-state index contributed by atoms with van der Waals surface area (Å²) in [5, 5.41) is 9.98. The van der Waals surface area contributed by atoms with Crippen LogP contribution < -0.4 is 0 Å². The molecule has 0 amide bonds. The van der Waals surface area contributed by atoms with Crippen molar-refractivity contribution in [1.29, 1.82) is 0 Å². The van der Waals surface area contributed by atoms with Crippen LogP contribution in [0.2, 0.25) is 0 Å². The van der Waals surface area contributed by atoms with E-state index in [-0.39, 0.29) is 17.3 Å². The summed E-state index contributed by atoms with van der Waals surface area (Å²) in [6.45, 7) is -0.0717. The minimum absolute atomic E-state index is 0.0717. The second-order valence-electron chi connectivity index (χ2n) is 2.80. The third-order valence-electron chi connectivity index (χ3n) is 1.66. The summed E-state index contributed by atoms with van der Waals surface area (Å²) >= 11 is 0. The molecule has 0 radical (unpaired) electrons. The molecule has 0 aliphatic carbocycles. The van der Waals surface area contributed by atoms with Gasteiger partial charge in [-0.2, -0.15) is 0 Å². The van der Waals surface area contributed by atoms with Gasteiger partial charge in [0.1, 0.15) is 5.82 Å². The minimum atomic E-state index is -0.366. The van der Waals surface area contributed by atoms with E-state index in [0.29, 0.717) is 6.42 Å². The van der Waals surface area contributed by atoms with Gasteiger partial charge in [-0.15, -0.1) is 0 Å². The van der Waals surface area contributed by atoms with E-state index < -0.39 is 0 Å². The van der Waals surface area contributed by atoms with Crippen molar-refractivity contribution in [1.82, 2.24) is 0 Å². The number of benzene rings is 1. The molecular weight excluding hydrogens is 185 g/mol. The minimum Gasteiger partial charge on any atom is -0.265 e. The molecule has 0 spiro atoms. The van der Waals surface area contributed by atoms with Gasteiger partial charge in [0.2, 0.25) is 6.54 Å². The summed E-state index contributed by atoms with van der Waals surface area (Å²) < 4.78 is 12.5. The Hall–Kier alpha value is -1.71. The lowest BCUT2D eigenvalue weighted by atomic mass is 10.2. The molecule has 0 bridgehead atoms. The van der Waals surface area contributed by atoms with Crippen molar-refractivity contribution in [3.05, 3.63) is 51.8 Å². The molecule has 4 heteroatoms. The highest BCUT2D eigenvalue weighted by Crippen LogP contribution is 2.04. The Kier molecular flexibility index (Phi) is 3.79. The fourth-order valence-corrected chi connectivity index (χ4v) is 0.973. The molecule has 1 aromatic carbocycles. The lowest BCUT2D eigenvalue weighted by Crippen LogP contribution is -1.97. The third-order valence-corrected chi connectivity index (χ3v) is 1.66. The van der Waals surface area contributed by atoms with Crippen molar-refractivity contribution in [2.75, 3.05) is 6.54 Å². The van der Waals surface area contributed by atoms with Gasteiger partial charge in [-0.1, -0.05) is 24.3 Å². The number of halogens is 1. The van der Waals surface area contributed by atoms with E-state index in [9.17, 15) is 14.5 Å². The Bertz CT molecular complexity index is 332. The molecule has 0 aliphatic rings. The van der Waals surface area contributed by atoms with Gasteiger partial charge in [-0.3, -0.25) is 10.1 Å². The number of hydrogen-bond donors (Lipinski definition) is 0. The second-order valence-corrected chi connectivity index (χ2v) is 2.80. The lowest BCUT2D eigenvalue weighted by molar-refractivity contribution is -0.478. The average molecular weight is 195 g/mol. The molecule has 0 fully saturated rings. The molecule has 0 saturated carbocycles. The largest absolute Gasteiger partial charge is 0.265 e. The first-order valence-electron chi connectivity index (χ1n) is 4.22. The Balaban J connectivity index is 2.44. The van der Waals surface area contributed by atoms with Crippen LogP contribution in [0.4, 0.5) is 4.39 Å². The van der Waals surface area contributed by atoms with Crippen molar-refractivity contribution in [3.8, 4) is 0 Å². The molecule has 1 aromatic rings. The first-order valence-corrected chi connectivity index (χ1v) is 4.22. The SMILES string of the molecule is O=[N+]([O-])CC/C=C/c1ccc(F)cc1. The summed E-state index contributed by atoms with van der Waals surface area (Å²) in [4.78, 5) is 9.61. The van der Waals surface area contributed by atoms with Gasteiger partial charge in [-0.25, -0.2) is 4.39 Å². The molecule has 0 heterocycles. The summed E-state index contributed by atoms with van der Waals surface area (Å²) in [5.74, 6) is -0.285. The first kappa shape index (κ1) is 10.4. The predicted octanol–water partition coefficient (Wildman–Crippen LogP) is 2.51.